The topological polar surface area (TPSA) is 52.6 Å². The Morgan fingerprint density at radius 2 is 1.44 bits per heavy atom. The molecule has 4 aliphatic carbocycles. The van der Waals surface area contributed by atoms with Crippen LogP contribution in [0.3, 0.4) is 0 Å². The Bertz CT molecular complexity index is 1340. The van der Waals surface area contributed by atoms with Gasteiger partial charge in [0.15, 0.2) is 0 Å². The molecule has 0 radical (unpaired) electrons. The Morgan fingerprint density at radius 1 is 0.846 bits per heavy atom. The number of hydrogen-bond donors (Lipinski definition) is 0. The van der Waals surface area contributed by atoms with Crippen molar-refractivity contribution in [2.24, 2.45) is 17.3 Å². The summed E-state index contributed by atoms with van der Waals surface area (Å²) < 4.78 is 12.1. The lowest BCUT2D eigenvalue weighted by Gasteiger charge is -2.59. The molecule has 2 unspecified atom stereocenters. The highest BCUT2D eigenvalue weighted by atomic mass is 16.6. The van der Waals surface area contributed by atoms with Crippen molar-refractivity contribution >= 4 is 11.9 Å². The molecule has 4 fully saturated rings. The maximum atomic E-state index is 13.7. The quantitative estimate of drug-likeness (QED) is 0.176. The molecule has 4 aliphatic rings. The maximum absolute atomic E-state index is 13.7. The van der Waals surface area contributed by atoms with Gasteiger partial charge in [-0.1, -0.05) is 79.4 Å². The van der Waals surface area contributed by atoms with Crippen molar-refractivity contribution in [2.75, 3.05) is 0 Å². The van der Waals surface area contributed by atoms with Crippen molar-refractivity contribution in [1.82, 2.24) is 0 Å². The van der Waals surface area contributed by atoms with E-state index in [0.29, 0.717) is 29.6 Å². The molecular weight excluding hydrogens is 484 g/mol. The smallest absolute Gasteiger partial charge is 0.333 e. The molecule has 0 heterocycles. The molecule has 7 rings (SSSR count). The van der Waals surface area contributed by atoms with Crippen molar-refractivity contribution in [1.29, 1.82) is 0 Å². The van der Waals surface area contributed by atoms with Gasteiger partial charge in [-0.25, -0.2) is 4.79 Å². The van der Waals surface area contributed by atoms with E-state index in [1.54, 1.807) is 6.92 Å². The average Bonchev–Trinajstić information content (AvgIpc) is 2.92. The summed E-state index contributed by atoms with van der Waals surface area (Å²) in [4.78, 5) is 26.2. The first-order valence-corrected chi connectivity index (χ1v) is 14.1. The van der Waals surface area contributed by atoms with Gasteiger partial charge in [0, 0.05) is 17.9 Å². The van der Waals surface area contributed by atoms with Crippen LogP contribution in [-0.4, -0.2) is 17.5 Å². The number of carbonyl (C=O) groups is 2. The predicted octanol–water partition coefficient (Wildman–Crippen LogP) is 7.42. The lowest BCUT2D eigenvalue weighted by Crippen LogP contribution is -2.60. The fraction of sp³-hybridized carbons (Fsp3) is 0.371. The van der Waals surface area contributed by atoms with E-state index >= 15 is 0 Å². The second kappa shape index (κ2) is 10.1. The third-order valence-corrected chi connectivity index (χ3v) is 9.08. The SMILES string of the molecule is C=C(C)C(=O)OC12CC3CC(C1)CC(C(=O)Oc1ccc([C@@H](Cc4ccccc4)c4ccccc4)cc1)(C3)C2. The molecule has 0 aliphatic heterocycles. The molecule has 4 nitrogen and oxygen atoms in total. The predicted molar refractivity (Wildman–Crippen MR) is 151 cm³/mol. The van der Waals surface area contributed by atoms with Gasteiger partial charge in [-0.05, 0) is 86.1 Å². The van der Waals surface area contributed by atoms with Gasteiger partial charge >= 0.3 is 11.9 Å². The second-order valence-corrected chi connectivity index (χ2v) is 12.2. The Kier molecular flexibility index (Phi) is 6.66. The molecule has 3 atom stereocenters. The zero-order valence-corrected chi connectivity index (χ0v) is 22.6. The summed E-state index contributed by atoms with van der Waals surface area (Å²) in [6.07, 6.45) is 5.87. The van der Waals surface area contributed by atoms with Gasteiger partial charge in [0.2, 0.25) is 0 Å². The van der Waals surface area contributed by atoms with Crippen LogP contribution in [0, 0.1) is 17.3 Å². The summed E-state index contributed by atoms with van der Waals surface area (Å²) in [5.41, 5.74) is 2.98. The van der Waals surface area contributed by atoms with Crippen LogP contribution in [0.5, 0.6) is 5.75 Å². The molecule has 3 aromatic carbocycles. The van der Waals surface area contributed by atoms with Crippen LogP contribution in [0.4, 0.5) is 0 Å². The van der Waals surface area contributed by atoms with E-state index in [2.05, 4.69) is 67.2 Å². The van der Waals surface area contributed by atoms with Crippen molar-refractivity contribution < 1.29 is 19.1 Å². The van der Waals surface area contributed by atoms with Crippen molar-refractivity contribution in [3.63, 3.8) is 0 Å². The van der Waals surface area contributed by atoms with Crippen LogP contribution < -0.4 is 4.74 Å². The first-order valence-electron chi connectivity index (χ1n) is 14.1. The molecule has 39 heavy (non-hydrogen) atoms. The Hall–Kier alpha value is -3.66. The number of ether oxygens (including phenoxy) is 2. The molecule has 0 spiro atoms. The number of benzene rings is 3. The molecule has 0 N–H and O–H groups in total. The molecule has 0 amide bonds. The Balaban J connectivity index is 1.20. The summed E-state index contributed by atoms with van der Waals surface area (Å²) in [5.74, 6) is 1.03. The van der Waals surface area contributed by atoms with Crippen LogP contribution in [0.2, 0.25) is 0 Å². The van der Waals surface area contributed by atoms with Crippen LogP contribution in [-0.2, 0) is 20.7 Å². The van der Waals surface area contributed by atoms with E-state index in [1.807, 2.05) is 24.3 Å². The summed E-state index contributed by atoms with van der Waals surface area (Å²) >= 11 is 0. The third kappa shape index (κ3) is 5.17. The average molecular weight is 521 g/mol. The van der Waals surface area contributed by atoms with E-state index in [4.69, 9.17) is 9.47 Å². The van der Waals surface area contributed by atoms with Crippen molar-refractivity contribution in [2.45, 2.75) is 63.4 Å². The molecule has 200 valence electrons. The fourth-order valence-electron chi connectivity index (χ4n) is 7.77. The number of rotatable bonds is 8. The zero-order valence-electron chi connectivity index (χ0n) is 22.6. The van der Waals surface area contributed by atoms with E-state index in [-0.39, 0.29) is 17.9 Å². The lowest BCUT2D eigenvalue weighted by molar-refractivity contribution is -0.206. The standard InChI is InChI=1S/C35H36O4/c1-24(2)32(36)39-35-21-26-17-27(22-35)20-34(19-26,23-35)33(37)38-30-15-13-29(14-16-30)31(28-11-7-4-8-12-28)18-25-9-5-3-6-10-25/h3-16,26-27,31H,1,17-23H2,2H3/t26?,27?,31-,34?,35?/m0/s1. The number of carbonyl (C=O) groups excluding carboxylic acids is 2. The third-order valence-electron chi connectivity index (χ3n) is 9.08. The normalized spacial score (nSPS) is 27.5. The summed E-state index contributed by atoms with van der Waals surface area (Å²) in [5, 5.41) is 0. The van der Waals surface area contributed by atoms with Crippen LogP contribution in [0.1, 0.15) is 68.1 Å². The van der Waals surface area contributed by atoms with Gasteiger partial charge in [-0.3, -0.25) is 4.79 Å². The Morgan fingerprint density at radius 3 is 2.05 bits per heavy atom. The summed E-state index contributed by atoms with van der Waals surface area (Å²) in [7, 11) is 0. The van der Waals surface area contributed by atoms with E-state index in [9.17, 15) is 9.59 Å². The Labute approximate surface area is 231 Å². The van der Waals surface area contributed by atoms with Gasteiger partial charge in [0.05, 0.1) is 5.41 Å². The first-order chi connectivity index (χ1) is 18.8. The van der Waals surface area contributed by atoms with Crippen molar-refractivity contribution in [3.8, 4) is 5.75 Å². The van der Waals surface area contributed by atoms with Gasteiger partial charge in [0.1, 0.15) is 11.4 Å². The highest BCUT2D eigenvalue weighted by Crippen LogP contribution is 2.63. The monoisotopic (exact) mass is 520 g/mol. The van der Waals surface area contributed by atoms with Gasteiger partial charge < -0.3 is 9.47 Å². The van der Waals surface area contributed by atoms with E-state index < -0.39 is 11.0 Å². The fourth-order valence-corrected chi connectivity index (χ4v) is 7.77. The minimum atomic E-state index is -0.585. The van der Waals surface area contributed by atoms with Gasteiger partial charge in [0.25, 0.3) is 0 Å². The second-order valence-electron chi connectivity index (χ2n) is 12.2. The minimum Gasteiger partial charge on any atom is -0.456 e. The highest BCUT2D eigenvalue weighted by molar-refractivity contribution is 5.87. The van der Waals surface area contributed by atoms with Gasteiger partial charge in [-0.15, -0.1) is 0 Å². The zero-order chi connectivity index (χ0) is 27.0. The first kappa shape index (κ1) is 25.6. The van der Waals surface area contributed by atoms with E-state index in [0.717, 1.165) is 38.5 Å². The lowest BCUT2D eigenvalue weighted by atomic mass is 9.48. The van der Waals surface area contributed by atoms with Gasteiger partial charge in [-0.2, -0.15) is 0 Å². The van der Waals surface area contributed by atoms with Crippen LogP contribution >= 0.6 is 0 Å². The maximum Gasteiger partial charge on any atom is 0.333 e. The summed E-state index contributed by atoms with van der Waals surface area (Å²) in [6.45, 7) is 5.44. The highest BCUT2D eigenvalue weighted by Gasteiger charge is 2.63. The molecule has 4 saturated carbocycles. The molecule has 3 aromatic rings. The van der Waals surface area contributed by atoms with Crippen LogP contribution in [0.25, 0.3) is 0 Å². The molecule has 0 aromatic heterocycles. The molecule has 4 heteroatoms. The van der Waals surface area contributed by atoms with E-state index in [1.165, 1.54) is 16.7 Å². The minimum absolute atomic E-state index is 0.177. The summed E-state index contributed by atoms with van der Waals surface area (Å²) in [6, 6.07) is 29.1. The molecule has 4 bridgehead atoms. The molecule has 0 saturated heterocycles. The molecular formula is C35H36O4. The number of hydrogen-bond acceptors (Lipinski definition) is 4. The largest absolute Gasteiger partial charge is 0.456 e. The van der Waals surface area contributed by atoms with Crippen molar-refractivity contribution in [3.05, 3.63) is 114 Å². The van der Waals surface area contributed by atoms with Crippen LogP contribution in [0.15, 0.2) is 97.1 Å². The number of esters is 2.